The highest BCUT2D eigenvalue weighted by atomic mass is 16.3. The SMILES string of the molecule is CN(CC(=O)NC(=O)NC(C)(C)C)CC1(O)CCCC1. The first kappa shape index (κ1) is 16.9. The van der Waals surface area contributed by atoms with Crippen LogP contribution >= 0.6 is 0 Å². The average molecular weight is 285 g/mol. The molecular formula is C14H27N3O3. The quantitative estimate of drug-likeness (QED) is 0.715. The van der Waals surface area contributed by atoms with E-state index in [9.17, 15) is 14.7 Å². The van der Waals surface area contributed by atoms with Crippen molar-refractivity contribution in [2.75, 3.05) is 20.1 Å². The molecule has 0 atom stereocenters. The van der Waals surface area contributed by atoms with Crippen LogP contribution < -0.4 is 10.6 Å². The van der Waals surface area contributed by atoms with Crippen LogP contribution in [0.1, 0.15) is 46.5 Å². The Morgan fingerprint density at radius 2 is 1.80 bits per heavy atom. The fraction of sp³-hybridized carbons (Fsp3) is 0.857. The molecule has 1 aliphatic rings. The zero-order chi connectivity index (χ0) is 15.4. The van der Waals surface area contributed by atoms with Crippen LogP contribution in [0.15, 0.2) is 0 Å². The van der Waals surface area contributed by atoms with Crippen molar-refractivity contribution in [1.82, 2.24) is 15.5 Å². The minimum Gasteiger partial charge on any atom is -0.389 e. The summed E-state index contributed by atoms with van der Waals surface area (Å²) in [5.74, 6) is -0.365. The van der Waals surface area contributed by atoms with Gasteiger partial charge in [-0.25, -0.2) is 4.79 Å². The minimum atomic E-state index is -0.678. The molecule has 0 aromatic rings. The molecule has 0 aliphatic heterocycles. The van der Waals surface area contributed by atoms with Crippen LogP contribution in [0.25, 0.3) is 0 Å². The van der Waals surface area contributed by atoms with Crippen molar-refractivity contribution in [2.24, 2.45) is 0 Å². The standard InChI is InChI=1S/C14H27N3O3/c1-13(2,3)16-12(19)15-11(18)9-17(4)10-14(20)7-5-6-8-14/h20H,5-10H2,1-4H3,(H2,15,16,18,19). The van der Waals surface area contributed by atoms with Crippen LogP contribution in [-0.4, -0.2) is 53.2 Å². The minimum absolute atomic E-state index is 0.0971. The normalized spacial score (nSPS) is 18.1. The first-order valence-electron chi connectivity index (χ1n) is 7.13. The number of hydrogen-bond donors (Lipinski definition) is 3. The molecular weight excluding hydrogens is 258 g/mol. The molecule has 116 valence electrons. The third-order valence-corrected chi connectivity index (χ3v) is 3.25. The van der Waals surface area contributed by atoms with Gasteiger partial charge in [0.25, 0.3) is 0 Å². The second-order valence-corrected chi connectivity index (χ2v) is 6.86. The number of nitrogens with zero attached hydrogens (tertiary/aromatic N) is 1. The summed E-state index contributed by atoms with van der Waals surface area (Å²) < 4.78 is 0. The van der Waals surface area contributed by atoms with Crippen molar-refractivity contribution < 1.29 is 14.7 Å². The summed E-state index contributed by atoms with van der Waals surface area (Å²) in [4.78, 5) is 25.0. The van der Waals surface area contributed by atoms with Crippen molar-refractivity contribution in [3.8, 4) is 0 Å². The molecule has 3 N–H and O–H groups in total. The highest BCUT2D eigenvalue weighted by molar-refractivity contribution is 5.95. The van der Waals surface area contributed by atoms with Crippen LogP contribution in [0.3, 0.4) is 0 Å². The predicted octanol–water partition coefficient (Wildman–Crippen LogP) is 0.848. The first-order chi connectivity index (χ1) is 9.10. The van der Waals surface area contributed by atoms with Gasteiger partial charge in [-0.2, -0.15) is 0 Å². The number of nitrogens with one attached hydrogen (secondary N) is 2. The van der Waals surface area contributed by atoms with Crippen molar-refractivity contribution in [3.63, 3.8) is 0 Å². The Kier molecular flexibility index (Phi) is 5.53. The van der Waals surface area contributed by atoms with Gasteiger partial charge in [0.2, 0.25) is 5.91 Å². The highest BCUT2D eigenvalue weighted by Crippen LogP contribution is 2.29. The summed E-state index contributed by atoms with van der Waals surface area (Å²) >= 11 is 0. The maximum absolute atomic E-state index is 11.7. The van der Waals surface area contributed by atoms with E-state index < -0.39 is 11.6 Å². The molecule has 6 heteroatoms. The first-order valence-corrected chi connectivity index (χ1v) is 7.13. The lowest BCUT2D eigenvalue weighted by atomic mass is 10.0. The van der Waals surface area contributed by atoms with Gasteiger partial charge in [-0.1, -0.05) is 12.8 Å². The fourth-order valence-electron chi connectivity index (χ4n) is 2.53. The lowest BCUT2D eigenvalue weighted by Gasteiger charge is -2.28. The summed E-state index contributed by atoms with van der Waals surface area (Å²) in [5.41, 5.74) is -1.06. The number of likely N-dealkylation sites (N-methyl/N-ethyl adjacent to an activating group) is 1. The molecule has 0 aromatic carbocycles. The summed E-state index contributed by atoms with van der Waals surface area (Å²) in [7, 11) is 1.78. The van der Waals surface area contributed by atoms with Gasteiger partial charge in [0, 0.05) is 12.1 Å². The summed E-state index contributed by atoms with van der Waals surface area (Å²) in [6.45, 7) is 6.09. The van der Waals surface area contributed by atoms with Crippen molar-refractivity contribution in [2.45, 2.75) is 57.6 Å². The summed E-state index contributed by atoms with van der Waals surface area (Å²) in [6, 6.07) is -0.490. The Morgan fingerprint density at radius 1 is 1.25 bits per heavy atom. The van der Waals surface area contributed by atoms with Gasteiger partial charge >= 0.3 is 6.03 Å². The molecule has 0 saturated heterocycles. The second-order valence-electron chi connectivity index (χ2n) is 6.86. The third-order valence-electron chi connectivity index (χ3n) is 3.25. The largest absolute Gasteiger partial charge is 0.389 e. The molecule has 0 bridgehead atoms. The smallest absolute Gasteiger partial charge is 0.321 e. The number of hydrogen-bond acceptors (Lipinski definition) is 4. The Balaban J connectivity index is 2.32. The van der Waals surface area contributed by atoms with Gasteiger partial charge in [0.05, 0.1) is 12.1 Å². The zero-order valence-electron chi connectivity index (χ0n) is 13.0. The fourth-order valence-corrected chi connectivity index (χ4v) is 2.53. The van der Waals surface area contributed by atoms with E-state index in [0.29, 0.717) is 6.54 Å². The molecule has 0 spiro atoms. The van der Waals surface area contributed by atoms with Crippen molar-refractivity contribution in [3.05, 3.63) is 0 Å². The summed E-state index contributed by atoms with van der Waals surface area (Å²) in [6.07, 6.45) is 3.63. The van der Waals surface area contributed by atoms with E-state index in [2.05, 4.69) is 10.6 Å². The van der Waals surface area contributed by atoms with E-state index in [1.807, 2.05) is 20.8 Å². The number of urea groups is 1. The molecule has 1 fully saturated rings. The summed E-state index contributed by atoms with van der Waals surface area (Å²) in [5, 5.41) is 15.2. The van der Waals surface area contributed by atoms with E-state index in [1.54, 1.807) is 11.9 Å². The van der Waals surface area contributed by atoms with Gasteiger partial charge in [-0.15, -0.1) is 0 Å². The van der Waals surface area contributed by atoms with E-state index in [0.717, 1.165) is 25.7 Å². The molecule has 0 aromatic heterocycles. The lowest BCUT2D eigenvalue weighted by molar-refractivity contribution is -0.121. The Morgan fingerprint density at radius 3 is 2.30 bits per heavy atom. The molecule has 1 aliphatic carbocycles. The highest BCUT2D eigenvalue weighted by Gasteiger charge is 2.32. The topological polar surface area (TPSA) is 81.7 Å². The predicted molar refractivity (Wildman–Crippen MR) is 77.3 cm³/mol. The van der Waals surface area contributed by atoms with Gasteiger partial charge in [-0.3, -0.25) is 15.0 Å². The van der Waals surface area contributed by atoms with Crippen LogP contribution in [-0.2, 0) is 4.79 Å². The van der Waals surface area contributed by atoms with Gasteiger partial charge < -0.3 is 10.4 Å². The van der Waals surface area contributed by atoms with Crippen LogP contribution in [0.4, 0.5) is 4.79 Å². The molecule has 1 rings (SSSR count). The van der Waals surface area contributed by atoms with Gasteiger partial charge in [0.1, 0.15) is 0 Å². The van der Waals surface area contributed by atoms with E-state index >= 15 is 0 Å². The zero-order valence-corrected chi connectivity index (χ0v) is 13.0. The average Bonchev–Trinajstić information content (AvgIpc) is 2.60. The Bertz CT molecular complexity index is 357. The monoisotopic (exact) mass is 285 g/mol. The molecule has 0 radical (unpaired) electrons. The number of imide groups is 1. The molecule has 20 heavy (non-hydrogen) atoms. The number of aliphatic hydroxyl groups is 1. The Hall–Kier alpha value is -1.14. The molecule has 1 saturated carbocycles. The number of carbonyl (C=O) groups is 2. The molecule has 6 nitrogen and oxygen atoms in total. The molecule has 0 heterocycles. The van der Waals surface area contributed by atoms with Gasteiger partial charge in [0.15, 0.2) is 0 Å². The van der Waals surface area contributed by atoms with E-state index in [-0.39, 0.29) is 18.0 Å². The molecule has 3 amide bonds. The van der Waals surface area contributed by atoms with Crippen LogP contribution in [0, 0.1) is 0 Å². The number of carbonyl (C=O) groups excluding carboxylic acids is 2. The Labute approximate surface area is 120 Å². The van der Waals surface area contributed by atoms with Crippen molar-refractivity contribution >= 4 is 11.9 Å². The van der Waals surface area contributed by atoms with E-state index in [4.69, 9.17) is 0 Å². The number of amides is 3. The van der Waals surface area contributed by atoms with E-state index in [1.165, 1.54) is 0 Å². The number of rotatable bonds is 4. The lowest BCUT2D eigenvalue weighted by Crippen LogP contribution is -2.51. The second kappa shape index (κ2) is 6.54. The maximum atomic E-state index is 11.7. The van der Waals surface area contributed by atoms with Gasteiger partial charge in [-0.05, 0) is 40.7 Å². The molecule has 0 unspecified atom stereocenters. The van der Waals surface area contributed by atoms with Crippen LogP contribution in [0.5, 0.6) is 0 Å². The maximum Gasteiger partial charge on any atom is 0.321 e. The van der Waals surface area contributed by atoms with Crippen LogP contribution in [0.2, 0.25) is 0 Å². The third kappa shape index (κ3) is 6.34. The van der Waals surface area contributed by atoms with Crippen molar-refractivity contribution in [1.29, 1.82) is 0 Å².